The van der Waals surface area contributed by atoms with Crippen LogP contribution in [0.15, 0.2) is 78.2 Å². The van der Waals surface area contributed by atoms with Crippen LogP contribution in [0.1, 0.15) is 18.9 Å². The summed E-state index contributed by atoms with van der Waals surface area (Å²) in [6.45, 7) is 0. The third kappa shape index (κ3) is 5.18. The summed E-state index contributed by atoms with van der Waals surface area (Å²) in [5.41, 5.74) is 1.61. The van der Waals surface area contributed by atoms with E-state index in [1.54, 1.807) is 48.8 Å². The summed E-state index contributed by atoms with van der Waals surface area (Å²) in [5, 5.41) is 12.9. The van der Waals surface area contributed by atoms with E-state index in [4.69, 9.17) is 16.3 Å². The average molecular weight is 478 g/mol. The third-order valence-corrected chi connectivity index (χ3v) is 6.29. The fourth-order valence-electron chi connectivity index (χ4n) is 3.32. The number of anilines is 1. The molecule has 0 saturated heterocycles. The molecule has 4 aromatic rings. The number of para-hydroxylation sites is 1. The number of carbonyl (C=O) groups excluding carboxylic acids is 1. The van der Waals surface area contributed by atoms with Gasteiger partial charge in [-0.3, -0.25) is 14.3 Å². The lowest BCUT2D eigenvalue weighted by molar-refractivity contribution is -0.113. The average Bonchev–Trinajstić information content (AvgIpc) is 3.59. The molecular formula is C24H20ClN5O2S. The maximum Gasteiger partial charge on any atom is 0.234 e. The first kappa shape index (κ1) is 21.5. The summed E-state index contributed by atoms with van der Waals surface area (Å²) >= 11 is 7.51. The lowest BCUT2D eigenvalue weighted by Crippen LogP contribution is -2.14. The molecule has 0 atom stereocenters. The van der Waals surface area contributed by atoms with E-state index in [2.05, 4.69) is 25.1 Å². The number of aromatic nitrogens is 4. The number of nitrogens with one attached hydrogen (secondary N) is 1. The van der Waals surface area contributed by atoms with Crippen LogP contribution in [0.5, 0.6) is 11.5 Å². The second-order valence-corrected chi connectivity index (χ2v) is 8.89. The number of benzene rings is 2. The van der Waals surface area contributed by atoms with Gasteiger partial charge in [0.15, 0.2) is 11.0 Å². The molecule has 1 aliphatic rings. The smallest absolute Gasteiger partial charge is 0.234 e. The van der Waals surface area contributed by atoms with Crippen LogP contribution in [0.25, 0.3) is 11.4 Å². The number of pyridine rings is 1. The highest BCUT2D eigenvalue weighted by Crippen LogP contribution is 2.41. The first-order chi connectivity index (χ1) is 16.2. The van der Waals surface area contributed by atoms with E-state index in [1.807, 2.05) is 24.3 Å². The highest BCUT2D eigenvalue weighted by Gasteiger charge is 2.30. The molecule has 9 heteroatoms. The Balaban J connectivity index is 1.20. The van der Waals surface area contributed by atoms with E-state index in [9.17, 15) is 4.79 Å². The van der Waals surface area contributed by atoms with Gasteiger partial charge in [-0.05, 0) is 61.4 Å². The Labute approximate surface area is 200 Å². The molecule has 1 aliphatic carbocycles. The van der Waals surface area contributed by atoms with E-state index >= 15 is 0 Å². The van der Waals surface area contributed by atoms with Gasteiger partial charge in [0.2, 0.25) is 5.91 Å². The summed E-state index contributed by atoms with van der Waals surface area (Å²) in [6, 6.07) is 18.7. The normalized spacial score (nSPS) is 13.0. The summed E-state index contributed by atoms with van der Waals surface area (Å²) in [5.74, 6) is 2.12. The Hall–Kier alpha value is -3.36. The molecule has 0 radical (unpaired) electrons. The minimum atomic E-state index is -0.118. The summed E-state index contributed by atoms with van der Waals surface area (Å²) in [6.07, 6.45) is 5.70. The lowest BCUT2D eigenvalue weighted by Gasteiger charge is -2.10. The van der Waals surface area contributed by atoms with Crippen molar-refractivity contribution >= 4 is 35.0 Å². The van der Waals surface area contributed by atoms with Gasteiger partial charge >= 0.3 is 0 Å². The molecule has 2 aromatic carbocycles. The molecule has 0 unspecified atom stereocenters. The lowest BCUT2D eigenvalue weighted by atomic mass is 10.3. The van der Waals surface area contributed by atoms with Crippen LogP contribution < -0.4 is 10.1 Å². The molecule has 166 valence electrons. The fourth-order valence-corrected chi connectivity index (χ4v) is 4.30. The standard InChI is InChI=1S/C24H20ClN5O2S/c25-20-5-1-2-6-21(20)32-19-11-7-17(8-12-19)27-22(31)15-33-24-29-28-23(30(24)18-9-10-18)16-4-3-13-26-14-16/h1-8,11-14,18H,9-10,15H2,(H,27,31). The van der Waals surface area contributed by atoms with Crippen molar-refractivity contribution < 1.29 is 9.53 Å². The van der Waals surface area contributed by atoms with E-state index in [-0.39, 0.29) is 11.7 Å². The fraction of sp³-hybridized carbons (Fsp3) is 0.167. The van der Waals surface area contributed by atoms with Gasteiger partial charge in [-0.15, -0.1) is 10.2 Å². The minimum absolute atomic E-state index is 0.118. The van der Waals surface area contributed by atoms with Crippen LogP contribution in [-0.4, -0.2) is 31.4 Å². The number of halogens is 1. The van der Waals surface area contributed by atoms with Crippen LogP contribution in [0, 0.1) is 0 Å². The second kappa shape index (κ2) is 9.64. The Morgan fingerprint density at radius 2 is 1.91 bits per heavy atom. The van der Waals surface area contributed by atoms with Crippen molar-refractivity contribution in [2.45, 2.75) is 24.0 Å². The van der Waals surface area contributed by atoms with Gasteiger partial charge in [-0.25, -0.2) is 0 Å². The van der Waals surface area contributed by atoms with Crippen LogP contribution >= 0.6 is 23.4 Å². The zero-order valence-corrected chi connectivity index (χ0v) is 19.1. The Bertz CT molecular complexity index is 1260. The van der Waals surface area contributed by atoms with Gasteiger partial charge in [0.05, 0.1) is 10.8 Å². The van der Waals surface area contributed by atoms with Crippen molar-refractivity contribution in [3.05, 3.63) is 78.1 Å². The van der Waals surface area contributed by atoms with Crippen LogP contribution in [0.2, 0.25) is 5.02 Å². The largest absolute Gasteiger partial charge is 0.456 e. The molecule has 0 aliphatic heterocycles. The summed E-state index contributed by atoms with van der Waals surface area (Å²) < 4.78 is 7.90. The predicted octanol–water partition coefficient (Wildman–Crippen LogP) is 5.85. The first-order valence-electron chi connectivity index (χ1n) is 10.5. The maximum absolute atomic E-state index is 12.5. The van der Waals surface area contributed by atoms with Crippen LogP contribution in [-0.2, 0) is 4.79 Å². The number of hydrogen-bond acceptors (Lipinski definition) is 6. The predicted molar refractivity (Wildman–Crippen MR) is 129 cm³/mol. The van der Waals surface area contributed by atoms with Gasteiger partial charge in [-0.1, -0.05) is 35.5 Å². The van der Waals surface area contributed by atoms with Crippen molar-refractivity contribution in [3.63, 3.8) is 0 Å². The molecule has 0 bridgehead atoms. The molecule has 2 aromatic heterocycles. The molecule has 0 spiro atoms. The maximum atomic E-state index is 12.5. The second-order valence-electron chi connectivity index (χ2n) is 7.54. The molecule has 1 amide bonds. The highest BCUT2D eigenvalue weighted by atomic mass is 35.5. The molecule has 2 heterocycles. The number of amides is 1. The number of rotatable bonds is 8. The van der Waals surface area contributed by atoms with Crippen LogP contribution in [0.4, 0.5) is 5.69 Å². The van der Waals surface area contributed by atoms with E-state index in [1.165, 1.54) is 11.8 Å². The Kier molecular flexibility index (Phi) is 6.28. The number of ether oxygens (including phenoxy) is 1. The van der Waals surface area contributed by atoms with E-state index in [0.717, 1.165) is 29.4 Å². The van der Waals surface area contributed by atoms with Crippen molar-refractivity contribution in [3.8, 4) is 22.9 Å². The molecule has 5 rings (SSSR count). The van der Waals surface area contributed by atoms with Gasteiger partial charge in [0.1, 0.15) is 11.5 Å². The molecule has 1 fully saturated rings. The Morgan fingerprint density at radius 3 is 2.64 bits per heavy atom. The minimum Gasteiger partial charge on any atom is -0.456 e. The SMILES string of the molecule is O=C(CSc1nnc(-c2cccnc2)n1C1CC1)Nc1ccc(Oc2ccccc2Cl)cc1. The van der Waals surface area contributed by atoms with E-state index < -0.39 is 0 Å². The molecule has 7 nitrogen and oxygen atoms in total. The topological polar surface area (TPSA) is 81.9 Å². The summed E-state index contributed by atoms with van der Waals surface area (Å²) in [7, 11) is 0. The van der Waals surface area contributed by atoms with Crippen molar-refractivity contribution in [2.24, 2.45) is 0 Å². The van der Waals surface area contributed by atoms with Gasteiger partial charge in [0, 0.05) is 29.7 Å². The molecule has 1 saturated carbocycles. The third-order valence-electron chi connectivity index (χ3n) is 5.03. The van der Waals surface area contributed by atoms with Crippen molar-refractivity contribution in [1.82, 2.24) is 19.7 Å². The number of thioether (sulfide) groups is 1. The van der Waals surface area contributed by atoms with Gasteiger partial charge < -0.3 is 10.1 Å². The number of carbonyl (C=O) groups is 1. The molecule has 33 heavy (non-hydrogen) atoms. The zero-order valence-electron chi connectivity index (χ0n) is 17.5. The highest BCUT2D eigenvalue weighted by molar-refractivity contribution is 7.99. The Morgan fingerprint density at radius 1 is 1.09 bits per heavy atom. The van der Waals surface area contributed by atoms with Gasteiger partial charge in [0.25, 0.3) is 0 Å². The molecular weight excluding hydrogens is 458 g/mol. The summed E-state index contributed by atoms with van der Waals surface area (Å²) in [4.78, 5) is 16.7. The monoisotopic (exact) mass is 477 g/mol. The quantitative estimate of drug-likeness (QED) is 0.320. The van der Waals surface area contributed by atoms with E-state index in [0.29, 0.717) is 28.3 Å². The van der Waals surface area contributed by atoms with Crippen molar-refractivity contribution in [1.29, 1.82) is 0 Å². The van der Waals surface area contributed by atoms with Crippen molar-refractivity contribution in [2.75, 3.05) is 11.1 Å². The first-order valence-corrected chi connectivity index (χ1v) is 11.8. The number of hydrogen-bond donors (Lipinski definition) is 1. The van der Waals surface area contributed by atoms with Gasteiger partial charge in [-0.2, -0.15) is 0 Å². The number of nitrogens with zero attached hydrogens (tertiary/aromatic N) is 4. The zero-order chi connectivity index (χ0) is 22.6. The molecule has 1 N–H and O–H groups in total. The van der Waals surface area contributed by atoms with Crippen LogP contribution in [0.3, 0.4) is 0 Å².